The van der Waals surface area contributed by atoms with Crippen LogP contribution in [0.1, 0.15) is 43.6 Å². The number of ether oxygens (including phenoxy) is 1. The molecule has 1 aromatic rings. The highest BCUT2D eigenvalue weighted by Crippen LogP contribution is 2.47. The van der Waals surface area contributed by atoms with Crippen molar-refractivity contribution in [3.05, 3.63) is 22.4 Å². The molecule has 0 bridgehead atoms. The predicted molar refractivity (Wildman–Crippen MR) is 82.0 cm³/mol. The van der Waals surface area contributed by atoms with E-state index in [0.717, 1.165) is 38.8 Å². The SMILES string of the molecule is CCC1OCCC1CN1C(=O)C2(CC2)NC1c1cccs1. The largest absolute Gasteiger partial charge is 0.378 e. The highest BCUT2D eigenvalue weighted by molar-refractivity contribution is 7.10. The van der Waals surface area contributed by atoms with E-state index in [9.17, 15) is 4.79 Å². The molecule has 1 aliphatic carbocycles. The molecule has 1 N–H and O–H groups in total. The van der Waals surface area contributed by atoms with E-state index in [2.05, 4.69) is 34.7 Å². The van der Waals surface area contributed by atoms with E-state index in [1.54, 1.807) is 11.3 Å². The zero-order valence-electron chi connectivity index (χ0n) is 12.4. The van der Waals surface area contributed by atoms with E-state index in [-0.39, 0.29) is 11.7 Å². The number of amides is 1. The Bertz CT molecular complexity index is 526. The Hall–Kier alpha value is -0.910. The minimum absolute atomic E-state index is 0.0677. The molecule has 2 aliphatic heterocycles. The molecule has 0 radical (unpaired) electrons. The van der Waals surface area contributed by atoms with Gasteiger partial charge in [-0.3, -0.25) is 10.1 Å². The lowest BCUT2D eigenvalue weighted by Gasteiger charge is -2.28. The van der Waals surface area contributed by atoms with Crippen molar-refractivity contribution in [2.24, 2.45) is 5.92 Å². The van der Waals surface area contributed by atoms with Crippen molar-refractivity contribution >= 4 is 17.2 Å². The second-order valence-corrected chi connectivity index (χ2v) is 7.45. The lowest BCUT2D eigenvalue weighted by Crippen LogP contribution is -2.37. The van der Waals surface area contributed by atoms with E-state index in [1.807, 2.05) is 0 Å². The van der Waals surface area contributed by atoms with Gasteiger partial charge in [0.2, 0.25) is 5.91 Å². The summed E-state index contributed by atoms with van der Waals surface area (Å²) in [6.07, 6.45) is 4.47. The molecule has 3 aliphatic rings. The number of nitrogens with one attached hydrogen (secondary N) is 1. The van der Waals surface area contributed by atoms with Crippen molar-refractivity contribution in [2.45, 2.75) is 50.4 Å². The van der Waals surface area contributed by atoms with Crippen LogP contribution in [0.4, 0.5) is 0 Å². The van der Waals surface area contributed by atoms with Crippen LogP contribution in [0.25, 0.3) is 0 Å². The van der Waals surface area contributed by atoms with Gasteiger partial charge < -0.3 is 9.64 Å². The smallest absolute Gasteiger partial charge is 0.244 e. The molecule has 1 saturated carbocycles. The average molecular weight is 306 g/mol. The fourth-order valence-electron chi connectivity index (χ4n) is 3.74. The molecular weight excluding hydrogens is 284 g/mol. The summed E-state index contributed by atoms with van der Waals surface area (Å²) in [5.41, 5.74) is -0.240. The second-order valence-electron chi connectivity index (χ2n) is 6.47. The molecule has 114 valence electrons. The number of hydrogen-bond donors (Lipinski definition) is 1. The summed E-state index contributed by atoms with van der Waals surface area (Å²) < 4.78 is 5.80. The van der Waals surface area contributed by atoms with E-state index < -0.39 is 0 Å². The van der Waals surface area contributed by atoms with Crippen molar-refractivity contribution in [3.8, 4) is 0 Å². The van der Waals surface area contributed by atoms with Gasteiger partial charge in [0.1, 0.15) is 11.7 Å². The molecule has 2 saturated heterocycles. The van der Waals surface area contributed by atoms with Gasteiger partial charge in [-0.25, -0.2) is 0 Å². The molecule has 5 heteroatoms. The van der Waals surface area contributed by atoms with Crippen molar-refractivity contribution < 1.29 is 9.53 Å². The van der Waals surface area contributed by atoms with Crippen LogP contribution in [0.5, 0.6) is 0 Å². The Labute approximate surface area is 129 Å². The van der Waals surface area contributed by atoms with E-state index in [0.29, 0.717) is 17.9 Å². The first-order valence-electron chi connectivity index (χ1n) is 7.97. The van der Waals surface area contributed by atoms with Gasteiger partial charge >= 0.3 is 0 Å². The van der Waals surface area contributed by atoms with Crippen LogP contribution in [-0.2, 0) is 9.53 Å². The third-order valence-corrected chi connectivity index (χ3v) is 6.06. The fraction of sp³-hybridized carbons (Fsp3) is 0.688. The van der Waals surface area contributed by atoms with Crippen LogP contribution < -0.4 is 5.32 Å². The minimum atomic E-state index is -0.240. The van der Waals surface area contributed by atoms with Gasteiger partial charge in [0, 0.05) is 23.9 Å². The van der Waals surface area contributed by atoms with Crippen LogP contribution in [-0.4, -0.2) is 35.6 Å². The second kappa shape index (κ2) is 5.07. The molecule has 3 unspecified atom stereocenters. The fourth-order valence-corrected chi connectivity index (χ4v) is 4.53. The summed E-state index contributed by atoms with van der Waals surface area (Å²) in [6.45, 7) is 3.84. The molecule has 3 atom stereocenters. The van der Waals surface area contributed by atoms with Gasteiger partial charge in [-0.05, 0) is 37.1 Å². The summed E-state index contributed by atoms with van der Waals surface area (Å²) in [6, 6.07) is 4.20. The van der Waals surface area contributed by atoms with E-state index in [4.69, 9.17) is 4.74 Å². The quantitative estimate of drug-likeness (QED) is 0.929. The van der Waals surface area contributed by atoms with Gasteiger partial charge in [-0.15, -0.1) is 11.3 Å². The standard InChI is InChI=1S/C16H22N2O2S/c1-2-12-11(5-8-20-12)10-18-14(13-4-3-9-21-13)17-16(6-7-16)15(18)19/h3-4,9,11-12,14,17H,2,5-8,10H2,1H3. The molecule has 4 nitrogen and oxygen atoms in total. The van der Waals surface area contributed by atoms with Crippen molar-refractivity contribution in [3.63, 3.8) is 0 Å². The van der Waals surface area contributed by atoms with Crippen LogP contribution in [0.2, 0.25) is 0 Å². The number of carbonyl (C=O) groups is 1. The molecule has 3 fully saturated rings. The Morgan fingerprint density at radius 1 is 1.52 bits per heavy atom. The maximum absolute atomic E-state index is 12.8. The number of carbonyl (C=O) groups excluding carboxylic acids is 1. The van der Waals surface area contributed by atoms with Crippen LogP contribution in [0, 0.1) is 5.92 Å². The number of hydrogen-bond acceptors (Lipinski definition) is 4. The van der Waals surface area contributed by atoms with Gasteiger partial charge in [0.25, 0.3) is 0 Å². The van der Waals surface area contributed by atoms with Crippen LogP contribution in [0.3, 0.4) is 0 Å². The Morgan fingerprint density at radius 3 is 3.05 bits per heavy atom. The maximum atomic E-state index is 12.8. The van der Waals surface area contributed by atoms with Gasteiger partial charge in [0.05, 0.1) is 6.10 Å². The van der Waals surface area contributed by atoms with Crippen molar-refractivity contribution in [1.82, 2.24) is 10.2 Å². The lowest BCUT2D eigenvalue weighted by atomic mass is 9.98. The zero-order chi connectivity index (χ0) is 14.4. The first kappa shape index (κ1) is 13.7. The predicted octanol–water partition coefficient (Wildman–Crippen LogP) is 2.53. The lowest BCUT2D eigenvalue weighted by molar-refractivity contribution is -0.131. The number of rotatable bonds is 4. The summed E-state index contributed by atoms with van der Waals surface area (Å²) in [5, 5.41) is 5.68. The average Bonchev–Trinajstić information content (AvgIpc) is 2.88. The third-order valence-electron chi connectivity index (χ3n) is 5.14. The normalized spacial score (nSPS) is 34.0. The van der Waals surface area contributed by atoms with Gasteiger partial charge in [-0.2, -0.15) is 0 Å². The van der Waals surface area contributed by atoms with Crippen LogP contribution in [0.15, 0.2) is 17.5 Å². The Kier molecular flexibility index (Phi) is 3.32. The first-order valence-corrected chi connectivity index (χ1v) is 8.85. The van der Waals surface area contributed by atoms with Crippen molar-refractivity contribution in [2.75, 3.05) is 13.2 Å². The van der Waals surface area contributed by atoms with E-state index >= 15 is 0 Å². The first-order chi connectivity index (χ1) is 10.2. The van der Waals surface area contributed by atoms with Gasteiger partial charge in [0.15, 0.2) is 0 Å². The molecule has 0 aromatic carbocycles. The Balaban J connectivity index is 1.57. The molecule has 1 amide bonds. The minimum Gasteiger partial charge on any atom is -0.378 e. The molecule has 3 heterocycles. The topological polar surface area (TPSA) is 41.6 Å². The summed E-state index contributed by atoms with van der Waals surface area (Å²) in [4.78, 5) is 16.1. The Morgan fingerprint density at radius 2 is 2.38 bits per heavy atom. The molecule has 1 spiro atoms. The van der Waals surface area contributed by atoms with Gasteiger partial charge in [-0.1, -0.05) is 13.0 Å². The number of nitrogens with zero attached hydrogens (tertiary/aromatic N) is 1. The zero-order valence-corrected chi connectivity index (χ0v) is 13.2. The van der Waals surface area contributed by atoms with E-state index in [1.165, 1.54) is 4.88 Å². The molecule has 4 rings (SSSR count). The number of thiophene rings is 1. The highest BCUT2D eigenvalue weighted by Gasteiger charge is 2.59. The third kappa shape index (κ3) is 2.22. The highest BCUT2D eigenvalue weighted by atomic mass is 32.1. The molecular formula is C16H22N2O2S. The summed E-state index contributed by atoms with van der Waals surface area (Å²) in [7, 11) is 0. The van der Waals surface area contributed by atoms with Crippen LogP contribution >= 0.6 is 11.3 Å². The van der Waals surface area contributed by atoms with Crippen molar-refractivity contribution in [1.29, 1.82) is 0 Å². The summed E-state index contributed by atoms with van der Waals surface area (Å²) >= 11 is 1.73. The monoisotopic (exact) mass is 306 g/mol. The molecule has 21 heavy (non-hydrogen) atoms. The molecule has 1 aromatic heterocycles. The summed E-state index contributed by atoms with van der Waals surface area (Å²) in [5.74, 6) is 0.791. The maximum Gasteiger partial charge on any atom is 0.244 e.